The fraction of sp³-hybridized carbons (Fsp3) is 0.588. The van der Waals surface area contributed by atoms with Crippen LogP contribution < -0.4 is 17.0 Å². The third kappa shape index (κ3) is 7.26. The van der Waals surface area contributed by atoms with Crippen LogP contribution >= 0.6 is 0 Å². The molecule has 62 heavy (non-hydrogen) atoms. The summed E-state index contributed by atoms with van der Waals surface area (Å²) in [6, 6.07) is 17.1. The average molecular weight is 916 g/mol. The number of aromatic nitrogens is 4. The van der Waals surface area contributed by atoms with Crippen LogP contribution in [0.3, 0.4) is 0 Å². The standard InChI is InChI=1S/C24H30N2O2.C22H22N2O2.C4H8O.CH3.BrH.Mg/c1-22(27,24-9-15-7-16(10-24)23(2,28)17(8-15)11-24)12-20-18-5-3-4-6-19(18)21-13-25-14-26(20)21;25-20(22-8-13-5-14(9-22)21(26)15(6-13)10-22)7-18-16-3-1-2-4-17(16)19-11-23-12-24(18)19;1-2-4-5-3-1;;;/h3-6,13-17,20,27-28H,7-12H2,1-2H3;1-4,11-15,18H,5-10H2;1-4H2;1H3;1H;/q;;;-1;;+2/p-1. The largest absolute Gasteiger partial charge is 2.00 e. The van der Waals surface area contributed by atoms with Crippen molar-refractivity contribution in [2.75, 3.05) is 13.2 Å². The number of ketones is 2. The van der Waals surface area contributed by atoms with Crippen LogP contribution in [0.25, 0.3) is 22.5 Å². The fourth-order valence-electron chi connectivity index (χ4n) is 14.7. The van der Waals surface area contributed by atoms with Crippen molar-refractivity contribution in [2.24, 2.45) is 46.3 Å². The molecule has 1 saturated heterocycles. The monoisotopic (exact) mass is 914 g/mol. The summed E-state index contributed by atoms with van der Waals surface area (Å²) in [6.07, 6.45) is 21.4. The number of carbonyl (C=O) groups excluding carboxylic acids is 2. The first-order valence-electron chi connectivity index (χ1n) is 22.8. The molecule has 0 amide bonds. The van der Waals surface area contributed by atoms with Crippen LogP contribution in [-0.4, -0.2) is 88.4 Å². The minimum atomic E-state index is -0.761. The van der Waals surface area contributed by atoms with Crippen LogP contribution in [0.2, 0.25) is 0 Å². The molecule has 8 bridgehead atoms. The zero-order valence-corrected chi connectivity index (χ0v) is 39.9. The van der Waals surface area contributed by atoms with Crippen LogP contribution in [0.1, 0.15) is 127 Å². The fourth-order valence-corrected chi connectivity index (χ4v) is 14.7. The van der Waals surface area contributed by atoms with E-state index in [4.69, 9.17) is 4.74 Å². The third-order valence-corrected chi connectivity index (χ3v) is 17.6. The van der Waals surface area contributed by atoms with Gasteiger partial charge < -0.3 is 48.5 Å². The van der Waals surface area contributed by atoms with Crippen LogP contribution in [-0.2, 0) is 14.3 Å². The van der Waals surface area contributed by atoms with Crippen molar-refractivity contribution in [1.29, 1.82) is 0 Å². The molecular weight excluding hydrogens is 853 g/mol. The molecule has 8 saturated carbocycles. The smallest absolute Gasteiger partial charge is 1.00 e. The van der Waals surface area contributed by atoms with E-state index in [1.54, 1.807) is 0 Å². The zero-order chi connectivity index (χ0) is 40.3. The van der Waals surface area contributed by atoms with E-state index in [2.05, 4.69) is 68.5 Å². The summed E-state index contributed by atoms with van der Waals surface area (Å²) in [6.45, 7) is 6.12. The predicted molar refractivity (Wildman–Crippen MR) is 236 cm³/mol. The van der Waals surface area contributed by atoms with Crippen molar-refractivity contribution in [1.82, 2.24) is 19.1 Å². The topological polar surface area (TPSA) is 119 Å². The minimum absolute atomic E-state index is 0. The van der Waals surface area contributed by atoms with Gasteiger partial charge in [-0.3, -0.25) is 9.59 Å². The SMILES string of the molecule is C1CCOC1.CC1(O)C2CC3CC1CC(C(C)(O)CC1c4ccccc4-c4cncn41)(C3)C2.O=C1C2CC3CC1CC(C(=O)CC1c4ccccc4-c4cncn41)(C3)C2.[Br-].[CH3-].[Mg+2]. The van der Waals surface area contributed by atoms with E-state index >= 15 is 0 Å². The van der Waals surface area contributed by atoms with Crippen LogP contribution in [0.4, 0.5) is 0 Å². The van der Waals surface area contributed by atoms with Gasteiger partial charge in [-0.1, -0.05) is 48.5 Å². The molecule has 2 N–H and O–H groups in total. The summed E-state index contributed by atoms with van der Waals surface area (Å²) < 4.78 is 9.35. The normalized spacial score (nSPS) is 36.2. The molecule has 9 nitrogen and oxygen atoms in total. The molecule has 8 aliphatic carbocycles. The Morgan fingerprint density at radius 2 is 1.31 bits per heavy atom. The Hall–Kier alpha value is -2.67. The third-order valence-electron chi connectivity index (χ3n) is 17.6. The molecule has 2 aromatic carbocycles. The van der Waals surface area contributed by atoms with E-state index in [-0.39, 0.29) is 82.2 Å². The van der Waals surface area contributed by atoms with Gasteiger partial charge in [0.15, 0.2) is 0 Å². The Bertz CT molecular complexity index is 2250. The maximum atomic E-state index is 13.6. The number of fused-ring (bicyclic) bond motifs is 6. The summed E-state index contributed by atoms with van der Waals surface area (Å²) >= 11 is 0. The Balaban J connectivity index is 0.000000147. The number of halogens is 1. The first-order valence-corrected chi connectivity index (χ1v) is 22.8. The van der Waals surface area contributed by atoms with Crippen LogP contribution in [0.15, 0.2) is 73.6 Å². The van der Waals surface area contributed by atoms with Gasteiger partial charge in [-0.2, -0.15) is 0 Å². The van der Waals surface area contributed by atoms with Crippen LogP contribution in [0, 0.1) is 53.8 Å². The van der Waals surface area contributed by atoms with Crippen molar-refractivity contribution in [3.05, 3.63) is 92.1 Å². The zero-order valence-electron chi connectivity index (χ0n) is 36.9. The van der Waals surface area contributed by atoms with E-state index in [1.807, 2.05) is 38.0 Å². The summed E-state index contributed by atoms with van der Waals surface area (Å²) in [4.78, 5) is 34.7. The molecule has 2 aromatic heterocycles. The molecule has 7 atom stereocenters. The van der Waals surface area contributed by atoms with Crippen molar-refractivity contribution in [3.8, 4) is 22.5 Å². The van der Waals surface area contributed by atoms with E-state index in [9.17, 15) is 19.8 Å². The second-order valence-corrected chi connectivity index (χ2v) is 20.9. The molecule has 326 valence electrons. The summed E-state index contributed by atoms with van der Waals surface area (Å²) in [7, 11) is 0. The van der Waals surface area contributed by atoms with E-state index in [0.29, 0.717) is 48.1 Å². The number of aliphatic hydroxyl groups is 2. The predicted octanol–water partition coefficient (Wildman–Crippen LogP) is 5.85. The second kappa shape index (κ2) is 17.0. The first-order chi connectivity index (χ1) is 28.5. The molecule has 7 unspecified atom stereocenters. The van der Waals surface area contributed by atoms with Crippen molar-refractivity contribution in [3.63, 3.8) is 0 Å². The van der Waals surface area contributed by atoms with Gasteiger partial charge in [0.2, 0.25) is 0 Å². The quantitative estimate of drug-likeness (QED) is 0.184. The summed E-state index contributed by atoms with van der Waals surface area (Å²) in [5.74, 6) is 3.08. The van der Waals surface area contributed by atoms with Gasteiger partial charge in [0.25, 0.3) is 0 Å². The maximum Gasteiger partial charge on any atom is 2.00 e. The van der Waals surface area contributed by atoms with Gasteiger partial charge >= 0.3 is 23.1 Å². The Labute approximate surface area is 394 Å². The number of rotatable bonds is 6. The Morgan fingerprint density at radius 3 is 1.85 bits per heavy atom. The number of Topliss-reactive ketones (excluding diaryl/α,β-unsaturated/α-hetero) is 2. The molecule has 4 aromatic rings. The number of hydrogen-bond donors (Lipinski definition) is 2. The van der Waals surface area contributed by atoms with Crippen molar-refractivity contribution < 1.29 is 41.5 Å². The molecule has 11 aliphatic rings. The summed E-state index contributed by atoms with van der Waals surface area (Å²) in [5.41, 5.74) is 5.64. The summed E-state index contributed by atoms with van der Waals surface area (Å²) in [5, 5.41) is 23.1. The van der Waals surface area contributed by atoms with Gasteiger partial charge in [0, 0.05) is 54.4 Å². The molecule has 0 radical (unpaired) electrons. The van der Waals surface area contributed by atoms with Gasteiger partial charge in [0.05, 0.1) is 59.7 Å². The number of hydrogen-bond acceptors (Lipinski definition) is 7. The van der Waals surface area contributed by atoms with Crippen LogP contribution in [0.5, 0.6) is 0 Å². The molecule has 0 spiro atoms. The van der Waals surface area contributed by atoms with E-state index in [1.165, 1.54) is 35.1 Å². The number of nitrogens with zero attached hydrogens (tertiary/aromatic N) is 4. The van der Waals surface area contributed by atoms with E-state index < -0.39 is 11.2 Å². The number of imidazole rings is 2. The second-order valence-electron chi connectivity index (χ2n) is 20.9. The maximum absolute atomic E-state index is 13.6. The van der Waals surface area contributed by atoms with Gasteiger partial charge in [-0.25, -0.2) is 9.97 Å². The molecule has 15 rings (SSSR count). The van der Waals surface area contributed by atoms with E-state index in [0.717, 1.165) is 88.8 Å². The minimum Gasteiger partial charge on any atom is -1.00 e. The Kier molecular flexibility index (Phi) is 12.5. The molecule has 11 heteroatoms. The average Bonchev–Trinajstić information content (AvgIpc) is 4.08. The first kappa shape index (κ1) is 45.9. The molecular formula is C51H63BrMgN4O5. The van der Waals surface area contributed by atoms with Gasteiger partial charge in [0.1, 0.15) is 11.6 Å². The molecule has 5 heterocycles. The van der Waals surface area contributed by atoms with Gasteiger partial charge in [-0.05, 0) is 131 Å². The Morgan fingerprint density at radius 1 is 0.790 bits per heavy atom. The molecule has 3 aliphatic heterocycles. The number of ether oxygens (including phenoxy) is 1. The van der Waals surface area contributed by atoms with Crippen molar-refractivity contribution in [2.45, 2.75) is 127 Å². The van der Waals surface area contributed by atoms with Gasteiger partial charge in [-0.15, -0.1) is 0 Å². The van der Waals surface area contributed by atoms with Crippen molar-refractivity contribution >= 4 is 34.6 Å². The molecule has 9 fully saturated rings. The number of carbonyl (C=O) groups is 2. The number of benzene rings is 2.